The van der Waals surface area contributed by atoms with Gasteiger partial charge in [-0.3, -0.25) is 0 Å². The molecule has 5 nitrogen and oxygen atoms in total. The Bertz CT molecular complexity index is 302. The van der Waals surface area contributed by atoms with Crippen LogP contribution in [0, 0.1) is 5.92 Å². The molecular weight excluding hydrogens is 238 g/mol. The predicted octanol–water partition coefficient (Wildman–Crippen LogP) is 0.634. The molecule has 1 rings (SSSR count). The Labute approximate surface area is 105 Å². The van der Waals surface area contributed by atoms with E-state index in [9.17, 15) is 8.42 Å². The van der Waals surface area contributed by atoms with E-state index in [-0.39, 0.29) is 0 Å². The van der Waals surface area contributed by atoms with Crippen molar-refractivity contribution in [2.24, 2.45) is 11.7 Å². The topological polar surface area (TPSA) is 66.6 Å². The summed E-state index contributed by atoms with van der Waals surface area (Å²) in [6, 6.07) is 0. The van der Waals surface area contributed by atoms with Gasteiger partial charge >= 0.3 is 0 Å². The first-order valence-electron chi connectivity index (χ1n) is 6.47. The van der Waals surface area contributed by atoms with E-state index >= 15 is 0 Å². The van der Waals surface area contributed by atoms with Crippen LogP contribution in [0.2, 0.25) is 0 Å². The highest BCUT2D eigenvalue weighted by Gasteiger charge is 2.31. The smallest absolute Gasteiger partial charge is 0.282 e. The van der Waals surface area contributed by atoms with Gasteiger partial charge < -0.3 is 5.73 Å². The monoisotopic (exact) mass is 263 g/mol. The molecule has 2 N–H and O–H groups in total. The van der Waals surface area contributed by atoms with Crippen LogP contribution in [0.5, 0.6) is 0 Å². The molecule has 6 heteroatoms. The van der Waals surface area contributed by atoms with Crippen molar-refractivity contribution < 1.29 is 8.42 Å². The molecule has 1 heterocycles. The van der Waals surface area contributed by atoms with E-state index in [1.54, 1.807) is 4.31 Å². The quantitative estimate of drug-likeness (QED) is 0.764. The number of nitrogens with two attached hydrogens (primary N) is 1. The summed E-state index contributed by atoms with van der Waals surface area (Å²) >= 11 is 0. The molecule has 0 saturated carbocycles. The molecule has 0 aliphatic carbocycles. The molecule has 0 bridgehead atoms. The molecule has 0 aromatic carbocycles. The third kappa shape index (κ3) is 3.91. The Morgan fingerprint density at radius 3 is 2.65 bits per heavy atom. The van der Waals surface area contributed by atoms with Gasteiger partial charge in [-0.1, -0.05) is 13.8 Å². The van der Waals surface area contributed by atoms with Crippen molar-refractivity contribution in [2.75, 3.05) is 32.7 Å². The number of hydrogen-bond donors (Lipinski definition) is 1. The lowest BCUT2D eigenvalue weighted by Crippen LogP contribution is -2.49. The summed E-state index contributed by atoms with van der Waals surface area (Å²) in [7, 11) is -3.29. The van der Waals surface area contributed by atoms with Gasteiger partial charge in [-0.05, 0) is 25.2 Å². The third-order valence-electron chi connectivity index (χ3n) is 3.12. The zero-order chi connectivity index (χ0) is 12.9. The van der Waals surface area contributed by atoms with Crippen LogP contribution in [0.3, 0.4) is 0 Å². The fourth-order valence-corrected chi connectivity index (χ4v) is 4.13. The number of nitrogens with zero attached hydrogens (tertiary/aromatic N) is 2. The number of hydrogen-bond acceptors (Lipinski definition) is 3. The fourth-order valence-electron chi connectivity index (χ4n) is 2.26. The van der Waals surface area contributed by atoms with Crippen LogP contribution < -0.4 is 5.73 Å². The predicted molar refractivity (Wildman–Crippen MR) is 69.8 cm³/mol. The molecule has 0 aromatic rings. The van der Waals surface area contributed by atoms with E-state index in [0.717, 1.165) is 19.3 Å². The molecule has 0 aromatic heterocycles. The fraction of sp³-hybridized carbons (Fsp3) is 1.00. The van der Waals surface area contributed by atoms with Crippen molar-refractivity contribution in [3.8, 4) is 0 Å². The van der Waals surface area contributed by atoms with E-state index in [1.807, 2.05) is 6.92 Å². The van der Waals surface area contributed by atoms with Gasteiger partial charge in [0.25, 0.3) is 10.2 Å². The van der Waals surface area contributed by atoms with Crippen molar-refractivity contribution in [1.82, 2.24) is 8.61 Å². The first-order valence-corrected chi connectivity index (χ1v) is 7.87. The lowest BCUT2D eigenvalue weighted by molar-refractivity contribution is 0.258. The summed E-state index contributed by atoms with van der Waals surface area (Å²) in [5.74, 6) is 0.458. The minimum Gasteiger partial charge on any atom is -0.329 e. The Hall–Kier alpha value is -0.170. The maximum atomic E-state index is 12.4. The van der Waals surface area contributed by atoms with E-state index in [1.165, 1.54) is 4.31 Å². The minimum absolute atomic E-state index is 0.378. The van der Waals surface area contributed by atoms with Gasteiger partial charge in [0.05, 0.1) is 0 Å². The Morgan fingerprint density at radius 1 is 1.41 bits per heavy atom. The lowest BCUT2D eigenvalue weighted by Gasteiger charge is -2.34. The summed E-state index contributed by atoms with van der Waals surface area (Å²) in [5.41, 5.74) is 5.49. The molecule has 1 saturated heterocycles. The molecular formula is C11H25N3O2S. The average Bonchev–Trinajstić information content (AvgIpc) is 2.29. The SMILES string of the molecule is CCCN(CCN)S(=O)(=O)N1CCCC(C)C1. The van der Waals surface area contributed by atoms with Crippen LogP contribution in [0.15, 0.2) is 0 Å². The molecule has 1 aliphatic rings. The molecule has 1 atom stereocenters. The normalized spacial score (nSPS) is 23.2. The van der Waals surface area contributed by atoms with Crippen molar-refractivity contribution >= 4 is 10.2 Å². The molecule has 17 heavy (non-hydrogen) atoms. The second-order valence-electron chi connectivity index (χ2n) is 4.80. The zero-order valence-electron chi connectivity index (χ0n) is 10.9. The van der Waals surface area contributed by atoms with Crippen LogP contribution in [0.25, 0.3) is 0 Å². The average molecular weight is 263 g/mol. The highest BCUT2D eigenvalue weighted by Crippen LogP contribution is 2.20. The maximum absolute atomic E-state index is 12.4. The number of rotatable bonds is 6. The highest BCUT2D eigenvalue weighted by atomic mass is 32.2. The van der Waals surface area contributed by atoms with E-state index < -0.39 is 10.2 Å². The van der Waals surface area contributed by atoms with Gasteiger partial charge in [0.1, 0.15) is 0 Å². The molecule has 0 spiro atoms. The second-order valence-corrected chi connectivity index (χ2v) is 6.73. The zero-order valence-corrected chi connectivity index (χ0v) is 11.7. The van der Waals surface area contributed by atoms with E-state index in [4.69, 9.17) is 5.73 Å². The second kappa shape index (κ2) is 6.68. The molecule has 1 unspecified atom stereocenters. The van der Waals surface area contributed by atoms with Gasteiger partial charge in [-0.2, -0.15) is 17.0 Å². The molecule has 102 valence electrons. The van der Waals surface area contributed by atoms with Crippen LogP contribution >= 0.6 is 0 Å². The third-order valence-corrected chi connectivity index (χ3v) is 5.13. The standard InChI is InChI=1S/C11H25N3O2S/c1-3-7-13(9-6-12)17(15,16)14-8-4-5-11(2)10-14/h11H,3-10,12H2,1-2H3. The molecule has 0 radical (unpaired) electrons. The Balaban J connectivity index is 2.75. The summed E-state index contributed by atoms with van der Waals surface area (Å²) in [6.07, 6.45) is 2.91. The summed E-state index contributed by atoms with van der Waals surface area (Å²) in [6.45, 7) is 6.74. The molecule has 1 aliphatic heterocycles. The Kier molecular flexibility index (Phi) is 5.85. The van der Waals surface area contributed by atoms with E-state index in [0.29, 0.717) is 38.6 Å². The highest BCUT2D eigenvalue weighted by molar-refractivity contribution is 7.86. The van der Waals surface area contributed by atoms with E-state index in [2.05, 4.69) is 6.92 Å². The van der Waals surface area contributed by atoms with Crippen molar-refractivity contribution in [3.05, 3.63) is 0 Å². The van der Waals surface area contributed by atoms with Gasteiger partial charge in [-0.25, -0.2) is 0 Å². The maximum Gasteiger partial charge on any atom is 0.282 e. The van der Waals surface area contributed by atoms with Gasteiger partial charge in [-0.15, -0.1) is 0 Å². The van der Waals surface area contributed by atoms with Gasteiger partial charge in [0.2, 0.25) is 0 Å². The summed E-state index contributed by atoms with van der Waals surface area (Å²) in [5, 5.41) is 0. The Morgan fingerprint density at radius 2 is 2.12 bits per heavy atom. The molecule has 1 fully saturated rings. The lowest BCUT2D eigenvalue weighted by atomic mass is 10.0. The van der Waals surface area contributed by atoms with Crippen LogP contribution in [0.1, 0.15) is 33.1 Å². The van der Waals surface area contributed by atoms with Crippen LogP contribution in [-0.4, -0.2) is 49.8 Å². The van der Waals surface area contributed by atoms with Gasteiger partial charge in [0, 0.05) is 32.7 Å². The van der Waals surface area contributed by atoms with Crippen molar-refractivity contribution in [3.63, 3.8) is 0 Å². The van der Waals surface area contributed by atoms with Crippen LogP contribution in [-0.2, 0) is 10.2 Å². The first-order chi connectivity index (χ1) is 8.02. The summed E-state index contributed by atoms with van der Waals surface area (Å²) < 4.78 is 28.0. The largest absolute Gasteiger partial charge is 0.329 e. The van der Waals surface area contributed by atoms with Crippen LogP contribution in [0.4, 0.5) is 0 Å². The molecule has 0 amide bonds. The van der Waals surface area contributed by atoms with Crippen molar-refractivity contribution in [2.45, 2.75) is 33.1 Å². The first kappa shape index (κ1) is 14.9. The summed E-state index contributed by atoms with van der Waals surface area (Å²) in [4.78, 5) is 0. The minimum atomic E-state index is -3.29. The van der Waals surface area contributed by atoms with Crippen molar-refractivity contribution in [1.29, 1.82) is 0 Å². The van der Waals surface area contributed by atoms with Gasteiger partial charge in [0.15, 0.2) is 0 Å². The number of piperidine rings is 1.